The molecule has 0 aromatic carbocycles. The van der Waals surface area contributed by atoms with E-state index in [1.807, 2.05) is 0 Å². The Labute approximate surface area is 160 Å². The fourth-order valence-corrected chi connectivity index (χ4v) is 3.11. The first-order valence-corrected chi connectivity index (χ1v) is 10.5. The molecule has 4 nitrogen and oxygen atoms in total. The van der Waals surface area contributed by atoms with Crippen LogP contribution in [0.3, 0.4) is 0 Å². The van der Waals surface area contributed by atoms with Crippen LogP contribution >= 0.6 is 0 Å². The molecule has 0 radical (unpaired) electrons. The highest BCUT2D eigenvalue weighted by atomic mass is 16.4. The molecule has 0 amide bonds. The summed E-state index contributed by atoms with van der Waals surface area (Å²) in [6.45, 7) is 4.58. The molecule has 1 unspecified atom stereocenters. The molecule has 0 aliphatic rings. The SMILES string of the molecule is CC(C)CCCCCCCC=CCCCCCCC(CC(=O)O)C(=O)O. The van der Waals surface area contributed by atoms with Crippen LogP contribution in [0.4, 0.5) is 0 Å². The van der Waals surface area contributed by atoms with E-state index < -0.39 is 17.9 Å². The number of carbonyl (C=O) groups is 2. The summed E-state index contributed by atoms with van der Waals surface area (Å²) in [4.78, 5) is 21.6. The molecule has 26 heavy (non-hydrogen) atoms. The van der Waals surface area contributed by atoms with Crippen LogP contribution in [0.5, 0.6) is 0 Å². The summed E-state index contributed by atoms with van der Waals surface area (Å²) in [7, 11) is 0. The molecule has 0 saturated carbocycles. The molecular weight excluding hydrogens is 328 g/mol. The third-order valence-electron chi connectivity index (χ3n) is 4.76. The molecule has 0 heterocycles. The van der Waals surface area contributed by atoms with E-state index in [0.29, 0.717) is 6.42 Å². The molecule has 1 atom stereocenters. The summed E-state index contributed by atoms with van der Waals surface area (Å²) in [6, 6.07) is 0. The van der Waals surface area contributed by atoms with Crippen LogP contribution in [0.1, 0.15) is 104 Å². The van der Waals surface area contributed by atoms with E-state index in [1.54, 1.807) is 0 Å². The monoisotopic (exact) mass is 368 g/mol. The topological polar surface area (TPSA) is 74.6 Å². The molecule has 0 aromatic heterocycles. The Balaban J connectivity index is 3.40. The first-order chi connectivity index (χ1) is 12.4. The number of hydrogen-bond donors (Lipinski definition) is 2. The van der Waals surface area contributed by atoms with Gasteiger partial charge in [-0.2, -0.15) is 0 Å². The summed E-state index contributed by atoms with van der Waals surface area (Å²) in [5.41, 5.74) is 0. The number of hydrogen-bond acceptors (Lipinski definition) is 2. The van der Waals surface area contributed by atoms with E-state index in [9.17, 15) is 9.59 Å². The van der Waals surface area contributed by atoms with Crippen molar-refractivity contribution in [2.24, 2.45) is 11.8 Å². The number of carboxylic acid groups (broad SMARTS) is 2. The Morgan fingerprint density at radius 2 is 1.19 bits per heavy atom. The Hall–Kier alpha value is -1.32. The number of unbranched alkanes of at least 4 members (excludes halogenated alkanes) is 9. The highest BCUT2D eigenvalue weighted by molar-refractivity contribution is 5.77. The molecule has 0 saturated heterocycles. The quantitative estimate of drug-likeness (QED) is 0.215. The van der Waals surface area contributed by atoms with Gasteiger partial charge in [0.1, 0.15) is 0 Å². The largest absolute Gasteiger partial charge is 0.481 e. The molecule has 0 aromatic rings. The number of carboxylic acids is 2. The molecule has 0 fully saturated rings. The van der Waals surface area contributed by atoms with E-state index in [1.165, 1.54) is 44.9 Å². The summed E-state index contributed by atoms with van der Waals surface area (Å²) >= 11 is 0. The third kappa shape index (κ3) is 17.5. The van der Waals surface area contributed by atoms with Crippen molar-refractivity contribution in [2.45, 2.75) is 104 Å². The van der Waals surface area contributed by atoms with Gasteiger partial charge < -0.3 is 10.2 Å². The predicted molar refractivity (Wildman–Crippen MR) is 107 cm³/mol. The zero-order valence-electron chi connectivity index (χ0n) is 16.9. The zero-order chi connectivity index (χ0) is 19.6. The van der Waals surface area contributed by atoms with Gasteiger partial charge in [-0.25, -0.2) is 0 Å². The molecule has 0 spiro atoms. The average Bonchev–Trinajstić information content (AvgIpc) is 2.56. The lowest BCUT2D eigenvalue weighted by Crippen LogP contribution is -2.17. The van der Waals surface area contributed by atoms with Crippen LogP contribution in [0.25, 0.3) is 0 Å². The van der Waals surface area contributed by atoms with Crippen LogP contribution in [-0.2, 0) is 9.59 Å². The minimum atomic E-state index is -1.03. The van der Waals surface area contributed by atoms with Gasteiger partial charge >= 0.3 is 11.9 Å². The van der Waals surface area contributed by atoms with Crippen LogP contribution in [0.15, 0.2) is 12.2 Å². The van der Waals surface area contributed by atoms with Gasteiger partial charge in [-0.1, -0.05) is 77.4 Å². The standard InChI is InChI=1S/C22H40O4/c1-19(2)16-14-12-10-8-6-4-3-5-7-9-11-13-15-17-20(22(25)26)18-21(23)24/h3,5,19-20H,4,6-18H2,1-2H3,(H,23,24)(H,25,26). The van der Waals surface area contributed by atoms with Crippen molar-refractivity contribution in [1.29, 1.82) is 0 Å². The van der Waals surface area contributed by atoms with Crippen molar-refractivity contribution < 1.29 is 19.8 Å². The van der Waals surface area contributed by atoms with Gasteiger partial charge in [0.15, 0.2) is 0 Å². The van der Waals surface area contributed by atoms with Gasteiger partial charge in [0.2, 0.25) is 0 Å². The molecule has 0 aliphatic carbocycles. The average molecular weight is 369 g/mol. The van der Waals surface area contributed by atoms with Crippen molar-refractivity contribution in [3.8, 4) is 0 Å². The molecule has 4 heteroatoms. The number of aliphatic carboxylic acids is 2. The van der Waals surface area contributed by atoms with E-state index in [-0.39, 0.29) is 6.42 Å². The smallest absolute Gasteiger partial charge is 0.307 e. The highest BCUT2D eigenvalue weighted by Gasteiger charge is 2.19. The van der Waals surface area contributed by atoms with E-state index in [0.717, 1.165) is 38.0 Å². The van der Waals surface area contributed by atoms with E-state index in [2.05, 4.69) is 26.0 Å². The third-order valence-corrected chi connectivity index (χ3v) is 4.76. The highest BCUT2D eigenvalue weighted by Crippen LogP contribution is 2.16. The Kier molecular flexibility index (Phi) is 16.2. The minimum absolute atomic E-state index is 0.268. The van der Waals surface area contributed by atoms with Crippen LogP contribution < -0.4 is 0 Å². The summed E-state index contributed by atoms with van der Waals surface area (Å²) in [5, 5.41) is 17.7. The molecule has 0 bridgehead atoms. The molecule has 2 N–H and O–H groups in total. The predicted octanol–water partition coefficient (Wildman–Crippen LogP) is 6.45. The lowest BCUT2D eigenvalue weighted by Gasteiger charge is -2.09. The first kappa shape index (κ1) is 24.7. The summed E-state index contributed by atoms with van der Waals surface area (Å²) in [5.74, 6) is -1.92. The van der Waals surface area contributed by atoms with Gasteiger partial charge in [-0.15, -0.1) is 0 Å². The second-order valence-corrected chi connectivity index (χ2v) is 7.83. The Morgan fingerprint density at radius 1 is 0.731 bits per heavy atom. The van der Waals surface area contributed by atoms with Crippen molar-refractivity contribution in [2.75, 3.05) is 0 Å². The fourth-order valence-electron chi connectivity index (χ4n) is 3.11. The molecule has 0 aliphatic heterocycles. The molecular formula is C22H40O4. The maximum Gasteiger partial charge on any atom is 0.307 e. The maximum absolute atomic E-state index is 11.0. The Morgan fingerprint density at radius 3 is 1.65 bits per heavy atom. The number of allylic oxidation sites excluding steroid dienone is 2. The lowest BCUT2D eigenvalue weighted by molar-refractivity contribution is -0.148. The second-order valence-electron chi connectivity index (χ2n) is 7.83. The van der Waals surface area contributed by atoms with Crippen LogP contribution in [-0.4, -0.2) is 22.2 Å². The normalized spacial score (nSPS) is 12.7. The Bertz CT molecular complexity index is 388. The maximum atomic E-state index is 11.0. The van der Waals surface area contributed by atoms with Crippen molar-refractivity contribution in [1.82, 2.24) is 0 Å². The van der Waals surface area contributed by atoms with Gasteiger partial charge in [-0.05, 0) is 38.0 Å². The lowest BCUT2D eigenvalue weighted by atomic mass is 9.97. The zero-order valence-corrected chi connectivity index (χ0v) is 16.9. The van der Waals surface area contributed by atoms with Gasteiger partial charge in [-0.3, -0.25) is 9.59 Å². The van der Waals surface area contributed by atoms with Crippen LogP contribution in [0.2, 0.25) is 0 Å². The van der Waals surface area contributed by atoms with E-state index in [4.69, 9.17) is 10.2 Å². The van der Waals surface area contributed by atoms with Gasteiger partial charge in [0, 0.05) is 0 Å². The first-order valence-electron chi connectivity index (χ1n) is 10.5. The van der Waals surface area contributed by atoms with Gasteiger partial charge in [0.25, 0.3) is 0 Å². The van der Waals surface area contributed by atoms with Gasteiger partial charge in [0.05, 0.1) is 12.3 Å². The van der Waals surface area contributed by atoms with E-state index >= 15 is 0 Å². The molecule has 152 valence electrons. The molecule has 0 rings (SSSR count). The minimum Gasteiger partial charge on any atom is -0.481 e. The van der Waals surface area contributed by atoms with Crippen molar-refractivity contribution in [3.63, 3.8) is 0 Å². The van der Waals surface area contributed by atoms with Crippen molar-refractivity contribution >= 4 is 11.9 Å². The fraction of sp³-hybridized carbons (Fsp3) is 0.818. The van der Waals surface area contributed by atoms with Crippen molar-refractivity contribution in [3.05, 3.63) is 12.2 Å². The number of rotatable bonds is 18. The van der Waals surface area contributed by atoms with Crippen LogP contribution in [0, 0.1) is 11.8 Å². The second kappa shape index (κ2) is 17.1. The summed E-state index contributed by atoms with van der Waals surface area (Å²) < 4.78 is 0. The summed E-state index contributed by atoms with van der Waals surface area (Å²) in [6.07, 6.45) is 19.1.